The van der Waals surface area contributed by atoms with E-state index in [2.05, 4.69) is 27.8 Å². The molecule has 0 bridgehead atoms. The second-order valence-corrected chi connectivity index (χ2v) is 6.41. The highest BCUT2D eigenvalue weighted by atomic mass is 35.5. The summed E-state index contributed by atoms with van der Waals surface area (Å²) in [5.74, 6) is 0.753. The lowest BCUT2D eigenvalue weighted by Crippen LogP contribution is -2.42. The average molecular weight is 314 g/mol. The first kappa shape index (κ1) is 15.4. The summed E-state index contributed by atoms with van der Waals surface area (Å²) in [4.78, 5) is 5.29. The van der Waals surface area contributed by atoms with E-state index in [0.29, 0.717) is 16.9 Å². The van der Waals surface area contributed by atoms with Crippen molar-refractivity contribution in [3.8, 4) is 0 Å². The zero-order valence-corrected chi connectivity index (χ0v) is 13.0. The maximum absolute atomic E-state index is 10.1. The molecule has 0 saturated carbocycles. The van der Waals surface area contributed by atoms with Crippen molar-refractivity contribution in [3.63, 3.8) is 0 Å². The molecule has 0 saturated heterocycles. The molecule has 1 aliphatic rings. The van der Waals surface area contributed by atoms with Gasteiger partial charge < -0.3 is 15.7 Å². The fourth-order valence-electron chi connectivity index (χ4n) is 2.02. The zero-order chi connectivity index (χ0) is 14.4. The van der Waals surface area contributed by atoms with E-state index in [-0.39, 0.29) is 0 Å². The summed E-state index contributed by atoms with van der Waals surface area (Å²) in [5.41, 5.74) is 0. The van der Waals surface area contributed by atoms with Crippen molar-refractivity contribution < 1.29 is 5.11 Å². The molecule has 0 spiro atoms. The highest BCUT2D eigenvalue weighted by Crippen LogP contribution is 2.26. The monoisotopic (exact) mass is 313 g/mol. The quantitative estimate of drug-likeness (QED) is 0.445. The molecule has 1 aromatic rings. The van der Waals surface area contributed by atoms with Crippen LogP contribution < -0.4 is 10.6 Å². The predicted molar refractivity (Wildman–Crippen MR) is 85.6 cm³/mol. The molecule has 0 aliphatic heterocycles. The van der Waals surface area contributed by atoms with Crippen molar-refractivity contribution in [3.05, 3.63) is 33.5 Å². The van der Waals surface area contributed by atoms with Gasteiger partial charge in [0.05, 0.1) is 10.9 Å². The van der Waals surface area contributed by atoms with Crippen LogP contribution in [-0.2, 0) is 0 Å². The average Bonchev–Trinajstić information content (AvgIpc) is 3.07. The van der Waals surface area contributed by atoms with Crippen molar-refractivity contribution >= 4 is 28.9 Å². The number of rotatable bonds is 5. The summed E-state index contributed by atoms with van der Waals surface area (Å²) >= 11 is 7.26. The Balaban J connectivity index is 1.90. The summed E-state index contributed by atoms with van der Waals surface area (Å²) in [6, 6.07) is 4.04. The molecule has 3 N–H and O–H groups in total. The van der Waals surface area contributed by atoms with Crippen LogP contribution >= 0.6 is 22.9 Å². The maximum Gasteiger partial charge on any atom is 0.191 e. The number of aliphatic hydroxyl groups excluding tert-OH is 1. The number of nitrogens with one attached hydrogen (secondary N) is 2. The van der Waals surface area contributed by atoms with Crippen LogP contribution in [-0.4, -0.2) is 30.2 Å². The lowest BCUT2D eigenvalue weighted by Gasteiger charge is -2.17. The molecule has 1 unspecified atom stereocenters. The number of aliphatic imine (C=N–C) groups is 1. The van der Waals surface area contributed by atoms with Crippen molar-refractivity contribution in [1.82, 2.24) is 10.6 Å². The highest BCUT2D eigenvalue weighted by Gasteiger charge is 2.13. The van der Waals surface area contributed by atoms with Crippen molar-refractivity contribution in [2.24, 2.45) is 4.99 Å². The van der Waals surface area contributed by atoms with Crippen LogP contribution in [0, 0.1) is 0 Å². The van der Waals surface area contributed by atoms with E-state index in [1.165, 1.54) is 11.3 Å². The molecule has 0 amide bonds. The van der Waals surface area contributed by atoms with E-state index in [1.807, 2.05) is 13.0 Å². The number of hydrogen-bond donors (Lipinski definition) is 3. The smallest absolute Gasteiger partial charge is 0.191 e. The van der Waals surface area contributed by atoms with Gasteiger partial charge in [0.25, 0.3) is 0 Å². The van der Waals surface area contributed by atoms with Gasteiger partial charge in [0.1, 0.15) is 6.10 Å². The number of aliphatic hydroxyl groups is 1. The highest BCUT2D eigenvalue weighted by molar-refractivity contribution is 7.16. The molecular weight excluding hydrogens is 294 g/mol. The Morgan fingerprint density at radius 1 is 1.50 bits per heavy atom. The number of guanidine groups is 1. The molecule has 0 aromatic carbocycles. The molecule has 1 aliphatic carbocycles. The van der Waals surface area contributed by atoms with E-state index >= 15 is 0 Å². The Morgan fingerprint density at radius 2 is 2.25 bits per heavy atom. The fourth-order valence-corrected chi connectivity index (χ4v) is 3.06. The second kappa shape index (κ2) is 7.67. The Labute approximate surface area is 128 Å². The third kappa shape index (κ3) is 4.51. The van der Waals surface area contributed by atoms with Crippen LogP contribution in [0.25, 0.3) is 0 Å². The largest absolute Gasteiger partial charge is 0.386 e. The number of halogens is 1. The van der Waals surface area contributed by atoms with Gasteiger partial charge in [-0.2, -0.15) is 0 Å². The molecule has 20 heavy (non-hydrogen) atoms. The molecule has 6 heteroatoms. The molecule has 1 aromatic heterocycles. The third-order valence-corrected chi connectivity index (χ3v) is 4.37. The van der Waals surface area contributed by atoms with Crippen LogP contribution in [0.5, 0.6) is 0 Å². The first-order valence-electron chi connectivity index (χ1n) is 6.82. The molecule has 1 atom stereocenters. The van der Waals surface area contributed by atoms with Gasteiger partial charge in [0.2, 0.25) is 0 Å². The van der Waals surface area contributed by atoms with Gasteiger partial charge in [-0.05, 0) is 31.9 Å². The Morgan fingerprint density at radius 3 is 2.85 bits per heavy atom. The van der Waals surface area contributed by atoms with E-state index in [1.54, 1.807) is 6.07 Å². The van der Waals surface area contributed by atoms with E-state index in [9.17, 15) is 5.11 Å². The standard InChI is InChI=1S/C14H20ClN3OS/c1-2-16-14(18-10-5-3-4-6-10)17-9-11(19)12-7-8-13(15)20-12/h3-4,7-8,10-11,19H,2,5-6,9H2,1H3,(H2,16,17,18). The topological polar surface area (TPSA) is 56.7 Å². The van der Waals surface area contributed by atoms with Gasteiger partial charge in [-0.1, -0.05) is 23.8 Å². The van der Waals surface area contributed by atoms with Crippen molar-refractivity contribution in [2.45, 2.75) is 31.9 Å². The minimum atomic E-state index is -0.607. The summed E-state index contributed by atoms with van der Waals surface area (Å²) in [6.45, 7) is 3.15. The molecule has 0 fully saturated rings. The molecule has 1 heterocycles. The van der Waals surface area contributed by atoms with Crippen molar-refractivity contribution in [2.75, 3.05) is 13.1 Å². The minimum Gasteiger partial charge on any atom is -0.386 e. The van der Waals surface area contributed by atoms with Gasteiger partial charge in [0, 0.05) is 17.5 Å². The molecule has 110 valence electrons. The lowest BCUT2D eigenvalue weighted by atomic mass is 10.2. The SMILES string of the molecule is CCNC(=NCC(O)c1ccc(Cl)s1)NC1CC=CC1. The van der Waals surface area contributed by atoms with Crippen molar-refractivity contribution in [1.29, 1.82) is 0 Å². The van der Waals surface area contributed by atoms with Gasteiger partial charge in [0.15, 0.2) is 5.96 Å². The van der Waals surface area contributed by atoms with E-state index < -0.39 is 6.10 Å². The minimum absolute atomic E-state index is 0.326. The molecule has 2 rings (SSSR count). The van der Waals surface area contributed by atoms with Gasteiger partial charge in [-0.25, -0.2) is 0 Å². The summed E-state index contributed by atoms with van der Waals surface area (Å²) in [6.07, 6.45) is 5.78. The van der Waals surface area contributed by atoms with E-state index in [0.717, 1.165) is 30.2 Å². The van der Waals surface area contributed by atoms with Gasteiger partial charge >= 0.3 is 0 Å². The van der Waals surface area contributed by atoms with Crippen LogP contribution in [0.1, 0.15) is 30.7 Å². The molecule has 4 nitrogen and oxygen atoms in total. The van der Waals surface area contributed by atoms with Crippen LogP contribution in [0.4, 0.5) is 0 Å². The Kier molecular flexibility index (Phi) is 5.88. The number of hydrogen-bond acceptors (Lipinski definition) is 3. The first-order chi connectivity index (χ1) is 9.69. The number of nitrogens with zero attached hydrogens (tertiary/aromatic N) is 1. The Bertz CT molecular complexity index is 479. The van der Waals surface area contributed by atoms with Gasteiger partial charge in [-0.3, -0.25) is 4.99 Å². The number of thiophene rings is 1. The second-order valence-electron chi connectivity index (χ2n) is 4.66. The lowest BCUT2D eigenvalue weighted by molar-refractivity contribution is 0.191. The summed E-state index contributed by atoms with van der Waals surface area (Å²) in [5, 5.41) is 16.7. The molecular formula is C14H20ClN3OS. The predicted octanol–water partition coefficient (Wildman–Crippen LogP) is 2.71. The Hall–Kier alpha value is -1.04. The third-order valence-electron chi connectivity index (χ3n) is 3.04. The first-order valence-corrected chi connectivity index (χ1v) is 8.01. The van der Waals surface area contributed by atoms with Crippen LogP contribution in [0.15, 0.2) is 29.3 Å². The molecule has 0 radical (unpaired) electrons. The summed E-state index contributed by atoms with van der Waals surface area (Å²) < 4.78 is 0.685. The van der Waals surface area contributed by atoms with Gasteiger partial charge in [-0.15, -0.1) is 11.3 Å². The maximum atomic E-state index is 10.1. The normalized spacial score (nSPS) is 17.4. The summed E-state index contributed by atoms with van der Waals surface area (Å²) in [7, 11) is 0. The van der Waals surface area contributed by atoms with Crippen LogP contribution in [0.2, 0.25) is 4.34 Å². The van der Waals surface area contributed by atoms with Crippen LogP contribution in [0.3, 0.4) is 0 Å². The zero-order valence-electron chi connectivity index (χ0n) is 11.5. The fraction of sp³-hybridized carbons (Fsp3) is 0.500. The van der Waals surface area contributed by atoms with E-state index in [4.69, 9.17) is 11.6 Å².